The largest absolute Gasteiger partial charge is 0.379 e. The number of fused-ring (bicyclic) bond motifs is 1. The van der Waals surface area contributed by atoms with Crippen LogP contribution in [0.1, 0.15) is 25.3 Å². The van der Waals surface area contributed by atoms with Crippen molar-refractivity contribution in [2.75, 3.05) is 39.4 Å². The van der Waals surface area contributed by atoms with E-state index in [1.807, 2.05) is 12.1 Å². The Kier molecular flexibility index (Phi) is 7.05. The summed E-state index contributed by atoms with van der Waals surface area (Å²) in [5, 5.41) is 3.29. The van der Waals surface area contributed by atoms with Crippen LogP contribution in [0.4, 0.5) is 0 Å². The fourth-order valence-electron chi connectivity index (χ4n) is 4.09. The second-order valence-corrected chi connectivity index (χ2v) is 8.58. The van der Waals surface area contributed by atoms with Crippen LogP contribution in [0.2, 0.25) is 0 Å². The average Bonchev–Trinajstić information content (AvgIpc) is 2.83. The van der Waals surface area contributed by atoms with Gasteiger partial charge in [-0.25, -0.2) is 9.36 Å². The monoisotopic (exact) mass is 450 g/mol. The highest BCUT2D eigenvalue weighted by Crippen LogP contribution is 2.16. The molecule has 0 atom stereocenters. The Labute approximate surface area is 192 Å². The van der Waals surface area contributed by atoms with E-state index >= 15 is 0 Å². The van der Waals surface area contributed by atoms with Gasteiger partial charge in [0.15, 0.2) is 0 Å². The van der Waals surface area contributed by atoms with Crippen molar-refractivity contribution in [1.29, 1.82) is 0 Å². The Bertz CT molecular complexity index is 1240. The van der Waals surface area contributed by atoms with E-state index in [4.69, 9.17) is 4.74 Å². The molecule has 0 saturated carbocycles. The molecular formula is C25H30N4O4. The number of amides is 1. The molecule has 0 aliphatic carbocycles. The summed E-state index contributed by atoms with van der Waals surface area (Å²) >= 11 is 0. The highest BCUT2D eigenvalue weighted by Gasteiger charge is 2.17. The van der Waals surface area contributed by atoms with Crippen molar-refractivity contribution in [1.82, 2.24) is 19.4 Å². The van der Waals surface area contributed by atoms with Crippen LogP contribution < -0.4 is 16.6 Å². The summed E-state index contributed by atoms with van der Waals surface area (Å²) in [4.78, 5) is 41.5. The van der Waals surface area contributed by atoms with Gasteiger partial charge in [-0.05, 0) is 35.7 Å². The van der Waals surface area contributed by atoms with Gasteiger partial charge in [0.25, 0.3) is 5.56 Å². The molecule has 1 saturated heterocycles. The van der Waals surface area contributed by atoms with Gasteiger partial charge in [0.05, 0.1) is 29.8 Å². The Morgan fingerprint density at radius 2 is 1.73 bits per heavy atom. The zero-order chi connectivity index (χ0) is 23.4. The number of rotatable bonds is 7. The van der Waals surface area contributed by atoms with E-state index < -0.39 is 11.2 Å². The van der Waals surface area contributed by atoms with Crippen LogP contribution in [-0.2, 0) is 16.1 Å². The van der Waals surface area contributed by atoms with Gasteiger partial charge in [-0.15, -0.1) is 0 Å². The van der Waals surface area contributed by atoms with Crippen molar-refractivity contribution in [3.63, 3.8) is 0 Å². The van der Waals surface area contributed by atoms with E-state index in [1.165, 1.54) is 4.57 Å². The van der Waals surface area contributed by atoms with Crippen molar-refractivity contribution in [3.8, 4) is 5.69 Å². The van der Waals surface area contributed by atoms with Gasteiger partial charge in [0.2, 0.25) is 5.91 Å². The minimum Gasteiger partial charge on any atom is -0.379 e. The Morgan fingerprint density at radius 3 is 2.42 bits per heavy atom. The molecule has 1 aliphatic heterocycles. The number of nitrogens with zero attached hydrogens (tertiary/aromatic N) is 3. The molecule has 8 heteroatoms. The average molecular weight is 451 g/mol. The number of hydrogen-bond acceptors (Lipinski definition) is 5. The summed E-state index contributed by atoms with van der Waals surface area (Å²) in [6, 6.07) is 14.3. The summed E-state index contributed by atoms with van der Waals surface area (Å²) in [5.74, 6) is 0.0704. The molecule has 1 fully saturated rings. The minimum atomic E-state index is -0.528. The number of carbonyl (C=O) groups excluding carboxylic acids is 1. The first-order valence-corrected chi connectivity index (χ1v) is 11.4. The Balaban J connectivity index is 1.62. The van der Waals surface area contributed by atoms with E-state index in [-0.39, 0.29) is 12.5 Å². The van der Waals surface area contributed by atoms with E-state index in [0.29, 0.717) is 42.3 Å². The van der Waals surface area contributed by atoms with Gasteiger partial charge in [-0.2, -0.15) is 0 Å². The number of benzene rings is 2. The normalized spacial score (nSPS) is 14.6. The van der Waals surface area contributed by atoms with Crippen LogP contribution >= 0.6 is 0 Å². The highest BCUT2D eigenvalue weighted by molar-refractivity contribution is 5.81. The molecule has 2 heterocycles. The van der Waals surface area contributed by atoms with Gasteiger partial charge in [-0.3, -0.25) is 19.1 Å². The molecule has 0 bridgehead atoms. The molecule has 0 spiro atoms. The topological polar surface area (TPSA) is 85.6 Å². The number of carbonyl (C=O) groups is 1. The lowest BCUT2D eigenvalue weighted by Crippen LogP contribution is -2.44. The molecule has 3 aromatic rings. The van der Waals surface area contributed by atoms with Gasteiger partial charge in [0.1, 0.15) is 6.54 Å². The summed E-state index contributed by atoms with van der Waals surface area (Å²) in [5.41, 5.74) is 1.14. The maximum absolute atomic E-state index is 13.4. The van der Waals surface area contributed by atoms with Gasteiger partial charge in [0, 0.05) is 26.2 Å². The maximum atomic E-state index is 13.4. The fourth-order valence-corrected chi connectivity index (χ4v) is 4.09. The molecule has 174 valence electrons. The van der Waals surface area contributed by atoms with E-state index in [9.17, 15) is 14.4 Å². The van der Waals surface area contributed by atoms with Gasteiger partial charge >= 0.3 is 5.69 Å². The van der Waals surface area contributed by atoms with Crippen LogP contribution in [0, 0.1) is 0 Å². The van der Waals surface area contributed by atoms with Crippen LogP contribution in [-0.4, -0.2) is 59.3 Å². The molecule has 33 heavy (non-hydrogen) atoms. The first kappa shape index (κ1) is 22.9. The molecule has 0 radical (unpaired) electrons. The van der Waals surface area contributed by atoms with Crippen LogP contribution in [0.15, 0.2) is 58.1 Å². The molecular weight excluding hydrogens is 420 g/mol. The summed E-state index contributed by atoms with van der Waals surface area (Å²) < 4.78 is 7.86. The summed E-state index contributed by atoms with van der Waals surface area (Å²) in [6.45, 7) is 8.33. The van der Waals surface area contributed by atoms with E-state index in [0.717, 1.165) is 29.8 Å². The lowest BCUT2D eigenvalue weighted by Gasteiger charge is -2.26. The maximum Gasteiger partial charge on any atom is 0.336 e. The molecule has 0 unspecified atom stereocenters. The zero-order valence-electron chi connectivity index (χ0n) is 19.1. The number of nitrogens with one attached hydrogen (secondary N) is 1. The summed E-state index contributed by atoms with van der Waals surface area (Å²) in [6.07, 6.45) is 0. The second-order valence-electron chi connectivity index (χ2n) is 8.58. The van der Waals surface area contributed by atoms with Crippen LogP contribution in [0.3, 0.4) is 0 Å². The van der Waals surface area contributed by atoms with Crippen molar-refractivity contribution in [3.05, 3.63) is 74.9 Å². The predicted octanol–water partition coefficient (Wildman–Crippen LogP) is 1.72. The Hall–Kier alpha value is -3.23. The highest BCUT2D eigenvalue weighted by atomic mass is 16.5. The zero-order valence-corrected chi connectivity index (χ0v) is 19.1. The SMILES string of the molecule is CC(C)c1ccc(-n2c(=O)c3ccccc3n(CC(=O)NCCN3CCOCC3)c2=O)cc1. The predicted molar refractivity (Wildman–Crippen MR) is 128 cm³/mol. The number of hydrogen-bond donors (Lipinski definition) is 1. The quantitative estimate of drug-likeness (QED) is 0.593. The standard InChI is InChI=1S/C25H30N4O4/c1-18(2)19-7-9-20(10-8-19)29-24(31)21-5-3-4-6-22(21)28(25(29)32)17-23(30)26-11-12-27-13-15-33-16-14-27/h3-10,18H,11-17H2,1-2H3,(H,26,30). The molecule has 4 rings (SSSR count). The molecule has 1 aliphatic rings. The lowest BCUT2D eigenvalue weighted by molar-refractivity contribution is -0.121. The van der Waals surface area contributed by atoms with Crippen molar-refractivity contribution in [2.45, 2.75) is 26.3 Å². The number of para-hydroxylation sites is 1. The van der Waals surface area contributed by atoms with Crippen molar-refractivity contribution >= 4 is 16.8 Å². The smallest absolute Gasteiger partial charge is 0.336 e. The third kappa shape index (κ3) is 5.07. The van der Waals surface area contributed by atoms with Crippen LogP contribution in [0.5, 0.6) is 0 Å². The second kappa shape index (κ2) is 10.1. The van der Waals surface area contributed by atoms with Gasteiger partial charge < -0.3 is 10.1 Å². The Morgan fingerprint density at radius 1 is 1.03 bits per heavy atom. The lowest BCUT2D eigenvalue weighted by atomic mass is 10.0. The molecule has 1 amide bonds. The minimum absolute atomic E-state index is 0.160. The number of morpholine rings is 1. The van der Waals surface area contributed by atoms with Crippen molar-refractivity contribution in [2.24, 2.45) is 0 Å². The third-order valence-electron chi connectivity index (χ3n) is 6.02. The number of ether oxygens (including phenoxy) is 1. The third-order valence-corrected chi connectivity index (χ3v) is 6.02. The first-order chi connectivity index (χ1) is 16.0. The molecule has 8 nitrogen and oxygen atoms in total. The van der Waals surface area contributed by atoms with Crippen molar-refractivity contribution < 1.29 is 9.53 Å². The van der Waals surface area contributed by atoms with Crippen LogP contribution in [0.25, 0.3) is 16.6 Å². The molecule has 2 aromatic carbocycles. The number of aromatic nitrogens is 2. The molecule has 1 aromatic heterocycles. The van der Waals surface area contributed by atoms with Gasteiger partial charge in [-0.1, -0.05) is 38.1 Å². The summed E-state index contributed by atoms with van der Waals surface area (Å²) in [7, 11) is 0. The molecule has 1 N–H and O–H groups in total. The fraction of sp³-hybridized carbons (Fsp3) is 0.400. The van der Waals surface area contributed by atoms with E-state index in [2.05, 4.69) is 24.1 Å². The van der Waals surface area contributed by atoms with E-state index in [1.54, 1.807) is 36.4 Å². The first-order valence-electron chi connectivity index (χ1n) is 11.4.